The number of ether oxygens (including phenoxy) is 1. The average Bonchev–Trinajstić information content (AvgIpc) is 2.53. The second-order valence-electron chi connectivity index (χ2n) is 7.45. The van der Waals surface area contributed by atoms with E-state index in [2.05, 4.69) is 9.88 Å². The molecule has 0 bridgehead atoms. The molecule has 1 aliphatic rings. The van der Waals surface area contributed by atoms with Crippen molar-refractivity contribution in [2.45, 2.75) is 32.9 Å². The Morgan fingerprint density at radius 1 is 1.16 bits per heavy atom. The lowest BCUT2D eigenvalue weighted by molar-refractivity contribution is 0.0139. The van der Waals surface area contributed by atoms with Gasteiger partial charge in [-0.2, -0.15) is 0 Å². The number of fused-ring (bicyclic) bond motifs is 1. The minimum Gasteiger partial charge on any atom is -0.444 e. The molecule has 1 saturated heterocycles. The molecule has 0 radical (unpaired) electrons. The van der Waals surface area contributed by atoms with E-state index in [1.54, 1.807) is 11.0 Å². The van der Waals surface area contributed by atoms with Crippen LogP contribution in [0.4, 0.5) is 4.79 Å². The number of aromatic nitrogens is 1. The van der Waals surface area contributed by atoms with Crippen molar-refractivity contribution in [1.29, 1.82) is 0 Å². The second kappa shape index (κ2) is 6.88. The van der Waals surface area contributed by atoms with Crippen molar-refractivity contribution >= 4 is 17.0 Å². The maximum Gasteiger partial charge on any atom is 0.410 e. The van der Waals surface area contributed by atoms with Gasteiger partial charge in [0.05, 0.1) is 0 Å². The summed E-state index contributed by atoms with van der Waals surface area (Å²) in [6, 6.07) is 9.51. The molecule has 0 aliphatic carbocycles. The van der Waals surface area contributed by atoms with Crippen LogP contribution in [0.2, 0.25) is 0 Å². The number of amides is 1. The molecule has 0 spiro atoms. The first-order valence-corrected chi connectivity index (χ1v) is 8.63. The van der Waals surface area contributed by atoms with E-state index >= 15 is 0 Å². The number of hydrogen-bond acceptors (Lipinski definition) is 4. The molecule has 3 rings (SSSR count). The van der Waals surface area contributed by atoms with E-state index in [4.69, 9.17) is 4.74 Å². The van der Waals surface area contributed by atoms with E-state index in [1.807, 2.05) is 45.0 Å². The first kappa shape index (κ1) is 17.5. The van der Waals surface area contributed by atoms with Gasteiger partial charge in [0.25, 0.3) is 0 Å². The zero-order valence-electron chi connectivity index (χ0n) is 15.0. The molecule has 1 amide bonds. The predicted molar refractivity (Wildman–Crippen MR) is 97.7 cm³/mol. The molecule has 1 N–H and O–H groups in total. The van der Waals surface area contributed by atoms with Gasteiger partial charge in [-0.1, -0.05) is 18.2 Å². The van der Waals surface area contributed by atoms with Gasteiger partial charge in [0, 0.05) is 49.7 Å². The monoisotopic (exact) mass is 343 g/mol. The number of hydrogen-bond donors (Lipinski definition) is 1. The number of nitrogens with zero attached hydrogens (tertiary/aromatic N) is 2. The Balaban J connectivity index is 1.65. The normalized spacial score (nSPS) is 16.2. The van der Waals surface area contributed by atoms with Gasteiger partial charge in [-0.05, 0) is 32.4 Å². The highest BCUT2D eigenvalue weighted by molar-refractivity contribution is 5.81. The SMILES string of the molecule is CC(C)(C)OC(=O)N1CCN(Cc2cc(=O)[nH]c3ccccc23)CC1. The van der Waals surface area contributed by atoms with Crippen molar-refractivity contribution in [3.63, 3.8) is 0 Å². The summed E-state index contributed by atoms with van der Waals surface area (Å²) in [5, 5.41) is 1.07. The minimum atomic E-state index is -0.474. The summed E-state index contributed by atoms with van der Waals surface area (Å²) in [6.07, 6.45) is -0.256. The van der Waals surface area contributed by atoms with Crippen molar-refractivity contribution in [1.82, 2.24) is 14.8 Å². The van der Waals surface area contributed by atoms with Crippen LogP contribution in [0.5, 0.6) is 0 Å². The summed E-state index contributed by atoms with van der Waals surface area (Å²) in [7, 11) is 0. The fourth-order valence-corrected chi connectivity index (χ4v) is 3.06. The highest BCUT2D eigenvalue weighted by atomic mass is 16.6. The molecule has 0 unspecified atom stereocenters. The molecule has 1 aromatic heterocycles. The van der Waals surface area contributed by atoms with Crippen molar-refractivity contribution in [2.75, 3.05) is 26.2 Å². The Morgan fingerprint density at radius 2 is 1.84 bits per heavy atom. The van der Waals surface area contributed by atoms with Crippen LogP contribution in [-0.2, 0) is 11.3 Å². The van der Waals surface area contributed by atoms with Crippen LogP contribution in [0, 0.1) is 0 Å². The van der Waals surface area contributed by atoms with Crippen LogP contribution < -0.4 is 5.56 Å². The van der Waals surface area contributed by atoms with Crippen molar-refractivity contribution in [2.24, 2.45) is 0 Å². The number of piperazine rings is 1. The summed E-state index contributed by atoms with van der Waals surface area (Å²) in [5.41, 5.74) is 1.32. The van der Waals surface area contributed by atoms with E-state index < -0.39 is 5.60 Å². The first-order valence-electron chi connectivity index (χ1n) is 8.63. The third kappa shape index (κ3) is 4.39. The average molecular weight is 343 g/mol. The van der Waals surface area contributed by atoms with Gasteiger partial charge in [-0.15, -0.1) is 0 Å². The molecule has 2 aromatic rings. The Hall–Kier alpha value is -2.34. The molecular weight excluding hydrogens is 318 g/mol. The summed E-state index contributed by atoms with van der Waals surface area (Å²) in [4.78, 5) is 30.9. The molecule has 1 aromatic carbocycles. The van der Waals surface area contributed by atoms with Crippen molar-refractivity contribution in [3.05, 3.63) is 46.2 Å². The van der Waals surface area contributed by atoms with Gasteiger partial charge < -0.3 is 14.6 Å². The van der Waals surface area contributed by atoms with Gasteiger partial charge >= 0.3 is 6.09 Å². The van der Waals surface area contributed by atoms with E-state index in [0.29, 0.717) is 19.6 Å². The van der Waals surface area contributed by atoms with E-state index in [0.717, 1.165) is 29.6 Å². The molecule has 2 heterocycles. The van der Waals surface area contributed by atoms with Gasteiger partial charge in [0.2, 0.25) is 5.56 Å². The molecule has 6 heteroatoms. The molecule has 0 atom stereocenters. The number of H-pyrrole nitrogens is 1. The largest absolute Gasteiger partial charge is 0.444 e. The van der Waals surface area contributed by atoms with Crippen LogP contribution in [0.1, 0.15) is 26.3 Å². The first-order chi connectivity index (χ1) is 11.8. The van der Waals surface area contributed by atoms with Crippen molar-refractivity contribution in [3.8, 4) is 0 Å². The van der Waals surface area contributed by atoms with Crippen LogP contribution in [-0.4, -0.2) is 52.7 Å². The number of nitrogens with one attached hydrogen (secondary N) is 1. The van der Waals surface area contributed by atoms with Crippen LogP contribution in [0.3, 0.4) is 0 Å². The van der Waals surface area contributed by atoms with Crippen molar-refractivity contribution < 1.29 is 9.53 Å². The summed E-state index contributed by atoms with van der Waals surface area (Å²) in [6.45, 7) is 9.12. The molecule has 1 fully saturated rings. The number of carbonyl (C=O) groups excluding carboxylic acids is 1. The number of rotatable bonds is 2. The van der Waals surface area contributed by atoms with Crippen LogP contribution >= 0.6 is 0 Å². The lowest BCUT2D eigenvalue weighted by Gasteiger charge is -2.35. The smallest absolute Gasteiger partial charge is 0.410 e. The Bertz CT molecular complexity index is 815. The maximum atomic E-state index is 12.1. The van der Waals surface area contributed by atoms with E-state index in [-0.39, 0.29) is 11.7 Å². The zero-order valence-corrected chi connectivity index (χ0v) is 15.0. The highest BCUT2D eigenvalue weighted by Crippen LogP contribution is 2.18. The molecule has 0 saturated carbocycles. The zero-order chi connectivity index (χ0) is 18.0. The number of carbonyl (C=O) groups is 1. The van der Waals surface area contributed by atoms with E-state index in [1.165, 1.54) is 0 Å². The highest BCUT2D eigenvalue weighted by Gasteiger charge is 2.26. The number of pyridine rings is 1. The van der Waals surface area contributed by atoms with Crippen LogP contribution in [0.25, 0.3) is 10.9 Å². The van der Waals surface area contributed by atoms with Gasteiger partial charge in [-0.25, -0.2) is 4.79 Å². The quantitative estimate of drug-likeness (QED) is 0.910. The third-order valence-electron chi connectivity index (χ3n) is 4.25. The Labute approximate surface area is 147 Å². The Morgan fingerprint density at radius 3 is 2.52 bits per heavy atom. The fourth-order valence-electron chi connectivity index (χ4n) is 3.06. The lowest BCUT2D eigenvalue weighted by Crippen LogP contribution is -2.49. The predicted octanol–water partition coefficient (Wildman–Crippen LogP) is 2.58. The van der Waals surface area contributed by atoms with Crippen LogP contribution in [0.15, 0.2) is 35.1 Å². The lowest BCUT2D eigenvalue weighted by atomic mass is 10.1. The van der Waals surface area contributed by atoms with Gasteiger partial charge in [0.1, 0.15) is 5.60 Å². The topological polar surface area (TPSA) is 65.6 Å². The number of benzene rings is 1. The van der Waals surface area contributed by atoms with Gasteiger partial charge in [0.15, 0.2) is 0 Å². The fraction of sp³-hybridized carbons (Fsp3) is 0.474. The van der Waals surface area contributed by atoms with Gasteiger partial charge in [-0.3, -0.25) is 9.69 Å². The molecule has 1 aliphatic heterocycles. The maximum absolute atomic E-state index is 12.1. The standard InChI is InChI=1S/C19H25N3O3/c1-19(2,3)25-18(24)22-10-8-21(9-11-22)13-14-12-17(23)20-16-7-5-4-6-15(14)16/h4-7,12H,8-11,13H2,1-3H3,(H,20,23). The summed E-state index contributed by atoms with van der Waals surface area (Å²) in [5.74, 6) is 0. The summed E-state index contributed by atoms with van der Waals surface area (Å²) >= 11 is 0. The third-order valence-corrected chi connectivity index (χ3v) is 4.25. The molecule has 134 valence electrons. The molecular formula is C19H25N3O3. The summed E-state index contributed by atoms with van der Waals surface area (Å²) < 4.78 is 5.43. The minimum absolute atomic E-state index is 0.0823. The number of aromatic amines is 1. The molecule has 6 nitrogen and oxygen atoms in total. The Kier molecular flexibility index (Phi) is 4.81. The molecule has 25 heavy (non-hydrogen) atoms. The second-order valence-corrected chi connectivity index (χ2v) is 7.45. The van der Waals surface area contributed by atoms with E-state index in [9.17, 15) is 9.59 Å². The number of para-hydroxylation sites is 1.